The molecule has 1 aromatic rings. The topological polar surface area (TPSA) is 87.7 Å². The third-order valence-electron chi connectivity index (χ3n) is 3.06. The molecule has 0 aromatic heterocycles. The molecule has 0 radical (unpaired) electrons. The van der Waals surface area contributed by atoms with Gasteiger partial charge in [-0.25, -0.2) is 17.9 Å². The fourth-order valence-electron chi connectivity index (χ4n) is 1.79. The highest BCUT2D eigenvalue weighted by Crippen LogP contribution is 2.14. The Hall–Kier alpha value is -1.64. The molecule has 7 nitrogen and oxygen atoms in total. The molecule has 0 atom stereocenters. The first-order valence-corrected chi connectivity index (χ1v) is 8.57. The fourth-order valence-corrected chi connectivity index (χ4v) is 2.81. The first-order chi connectivity index (χ1) is 10.4. The van der Waals surface area contributed by atoms with Crippen LogP contribution in [0, 0.1) is 0 Å². The first-order valence-electron chi connectivity index (χ1n) is 7.09. The molecule has 2 N–H and O–H groups in total. The minimum Gasteiger partial charge on any atom is -0.383 e. The van der Waals surface area contributed by atoms with Crippen LogP contribution in [0.3, 0.4) is 0 Å². The number of sulfonamides is 1. The predicted molar refractivity (Wildman–Crippen MR) is 85.4 cm³/mol. The van der Waals surface area contributed by atoms with Crippen molar-refractivity contribution in [3.8, 4) is 0 Å². The molecule has 0 aliphatic carbocycles. The van der Waals surface area contributed by atoms with Gasteiger partial charge in [0, 0.05) is 32.4 Å². The number of rotatable bonds is 8. The molecule has 0 heterocycles. The van der Waals surface area contributed by atoms with Crippen LogP contribution in [0.25, 0.3) is 0 Å². The number of carbonyl (C=O) groups is 1. The van der Waals surface area contributed by atoms with Crippen molar-refractivity contribution in [1.29, 1.82) is 0 Å². The zero-order valence-corrected chi connectivity index (χ0v) is 13.9. The summed E-state index contributed by atoms with van der Waals surface area (Å²) in [6.07, 6.45) is 0. The number of ether oxygens (including phenoxy) is 1. The molecule has 22 heavy (non-hydrogen) atoms. The van der Waals surface area contributed by atoms with Gasteiger partial charge in [0.25, 0.3) is 0 Å². The number of urea groups is 1. The SMILES string of the molecule is CCN(CC)C(=O)Nc1ccc(S(=O)(=O)NCCOC)cc1. The van der Waals surface area contributed by atoms with Crippen molar-refractivity contribution < 1.29 is 17.9 Å². The number of hydrogen-bond donors (Lipinski definition) is 2. The summed E-state index contributed by atoms with van der Waals surface area (Å²) in [6.45, 7) is 5.52. The summed E-state index contributed by atoms with van der Waals surface area (Å²) in [5.74, 6) is 0. The van der Waals surface area contributed by atoms with Gasteiger partial charge in [-0.05, 0) is 38.1 Å². The lowest BCUT2D eigenvalue weighted by Gasteiger charge is -2.19. The van der Waals surface area contributed by atoms with E-state index >= 15 is 0 Å². The second kappa shape index (κ2) is 8.72. The second-order valence-electron chi connectivity index (χ2n) is 4.52. The zero-order chi connectivity index (χ0) is 16.6. The van der Waals surface area contributed by atoms with Gasteiger partial charge in [-0.1, -0.05) is 0 Å². The highest BCUT2D eigenvalue weighted by atomic mass is 32.2. The Morgan fingerprint density at radius 3 is 2.27 bits per heavy atom. The average Bonchev–Trinajstić information content (AvgIpc) is 2.49. The molecule has 0 saturated heterocycles. The van der Waals surface area contributed by atoms with Crippen LogP contribution >= 0.6 is 0 Å². The largest absolute Gasteiger partial charge is 0.383 e. The van der Waals surface area contributed by atoms with Crippen molar-refractivity contribution in [3.05, 3.63) is 24.3 Å². The summed E-state index contributed by atoms with van der Waals surface area (Å²) in [7, 11) is -2.05. The molecule has 1 rings (SSSR count). The van der Waals surface area contributed by atoms with Crippen LogP contribution in [0.1, 0.15) is 13.8 Å². The predicted octanol–water partition coefficient (Wildman–Crippen LogP) is 1.48. The van der Waals surface area contributed by atoms with Crippen LogP contribution in [-0.4, -0.2) is 52.7 Å². The van der Waals surface area contributed by atoms with Gasteiger partial charge < -0.3 is 15.0 Å². The molecule has 0 spiro atoms. The number of benzene rings is 1. The lowest BCUT2D eigenvalue weighted by Crippen LogP contribution is -2.34. The molecular formula is C14H23N3O4S. The van der Waals surface area contributed by atoms with Gasteiger partial charge in [-0.15, -0.1) is 0 Å². The van der Waals surface area contributed by atoms with E-state index in [4.69, 9.17) is 4.74 Å². The van der Waals surface area contributed by atoms with E-state index in [1.165, 1.54) is 19.2 Å². The molecule has 0 unspecified atom stereocenters. The Balaban J connectivity index is 2.72. The van der Waals surface area contributed by atoms with Gasteiger partial charge in [0.2, 0.25) is 10.0 Å². The Morgan fingerprint density at radius 1 is 1.18 bits per heavy atom. The quantitative estimate of drug-likeness (QED) is 0.707. The Labute approximate surface area is 131 Å². The lowest BCUT2D eigenvalue weighted by atomic mass is 10.3. The van der Waals surface area contributed by atoms with Gasteiger partial charge in [0.1, 0.15) is 0 Å². The molecule has 1 aromatic carbocycles. The van der Waals surface area contributed by atoms with E-state index in [9.17, 15) is 13.2 Å². The van der Waals surface area contributed by atoms with Crippen molar-refractivity contribution in [2.24, 2.45) is 0 Å². The van der Waals surface area contributed by atoms with Crippen molar-refractivity contribution >= 4 is 21.7 Å². The number of amides is 2. The second-order valence-corrected chi connectivity index (χ2v) is 6.28. The van der Waals surface area contributed by atoms with E-state index in [-0.39, 0.29) is 17.5 Å². The lowest BCUT2D eigenvalue weighted by molar-refractivity contribution is 0.204. The Kier molecular flexibility index (Phi) is 7.30. The monoisotopic (exact) mass is 329 g/mol. The molecule has 0 saturated carbocycles. The van der Waals surface area contributed by atoms with Crippen molar-refractivity contribution in [2.45, 2.75) is 18.7 Å². The molecular weight excluding hydrogens is 306 g/mol. The molecule has 124 valence electrons. The van der Waals surface area contributed by atoms with E-state index in [1.54, 1.807) is 17.0 Å². The van der Waals surface area contributed by atoms with Crippen LogP contribution in [0.4, 0.5) is 10.5 Å². The number of anilines is 1. The summed E-state index contributed by atoms with van der Waals surface area (Å²) < 4.78 is 31.2. The number of methoxy groups -OCH3 is 1. The van der Waals surface area contributed by atoms with Gasteiger partial charge in [-0.3, -0.25) is 0 Å². The van der Waals surface area contributed by atoms with Crippen molar-refractivity contribution in [1.82, 2.24) is 9.62 Å². The van der Waals surface area contributed by atoms with Crippen molar-refractivity contribution in [2.75, 3.05) is 38.7 Å². The minimum atomic E-state index is -3.56. The number of nitrogens with one attached hydrogen (secondary N) is 2. The number of carbonyl (C=O) groups excluding carboxylic acids is 1. The molecule has 0 bridgehead atoms. The van der Waals surface area contributed by atoms with E-state index in [2.05, 4.69) is 10.0 Å². The summed E-state index contributed by atoms with van der Waals surface area (Å²) in [5.41, 5.74) is 0.549. The zero-order valence-electron chi connectivity index (χ0n) is 13.1. The minimum absolute atomic E-state index is 0.143. The number of hydrogen-bond acceptors (Lipinski definition) is 4. The van der Waals surface area contributed by atoms with E-state index in [0.29, 0.717) is 25.4 Å². The average molecular weight is 329 g/mol. The van der Waals surface area contributed by atoms with Crippen LogP contribution in [0.15, 0.2) is 29.2 Å². The van der Waals surface area contributed by atoms with Gasteiger partial charge in [-0.2, -0.15) is 0 Å². The van der Waals surface area contributed by atoms with Crippen molar-refractivity contribution in [3.63, 3.8) is 0 Å². The first kappa shape index (κ1) is 18.4. The standard InChI is InChI=1S/C14H23N3O4S/c1-4-17(5-2)14(18)16-12-6-8-13(9-7-12)22(19,20)15-10-11-21-3/h6-9,15H,4-5,10-11H2,1-3H3,(H,16,18). The normalized spacial score (nSPS) is 11.2. The highest BCUT2D eigenvalue weighted by Gasteiger charge is 2.14. The summed E-state index contributed by atoms with van der Waals surface area (Å²) in [6, 6.07) is 5.82. The van der Waals surface area contributed by atoms with Gasteiger partial charge >= 0.3 is 6.03 Å². The molecule has 2 amide bonds. The Morgan fingerprint density at radius 2 is 1.77 bits per heavy atom. The summed E-state index contributed by atoms with van der Waals surface area (Å²) in [5, 5.41) is 2.73. The molecule has 0 fully saturated rings. The van der Waals surface area contributed by atoms with Crippen LogP contribution in [-0.2, 0) is 14.8 Å². The molecule has 0 aliphatic rings. The summed E-state index contributed by atoms with van der Waals surface area (Å²) in [4.78, 5) is 13.7. The summed E-state index contributed by atoms with van der Waals surface area (Å²) >= 11 is 0. The van der Waals surface area contributed by atoms with Crippen LogP contribution in [0.5, 0.6) is 0 Å². The maximum absolute atomic E-state index is 12.0. The Bertz CT molecular complexity index is 568. The van der Waals surface area contributed by atoms with Gasteiger partial charge in [0.15, 0.2) is 0 Å². The maximum atomic E-state index is 12.0. The van der Waals surface area contributed by atoms with E-state index in [0.717, 1.165) is 0 Å². The third kappa shape index (κ3) is 5.28. The van der Waals surface area contributed by atoms with Crippen LogP contribution in [0.2, 0.25) is 0 Å². The third-order valence-corrected chi connectivity index (χ3v) is 4.54. The van der Waals surface area contributed by atoms with Gasteiger partial charge in [0.05, 0.1) is 11.5 Å². The van der Waals surface area contributed by atoms with E-state index in [1.807, 2.05) is 13.8 Å². The molecule has 8 heteroatoms. The smallest absolute Gasteiger partial charge is 0.321 e. The van der Waals surface area contributed by atoms with E-state index < -0.39 is 10.0 Å². The highest BCUT2D eigenvalue weighted by molar-refractivity contribution is 7.89. The number of nitrogens with zero attached hydrogens (tertiary/aromatic N) is 1. The maximum Gasteiger partial charge on any atom is 0.321 e. The fraction of sp³-hybridized carbons (Fsp3) is 0.500. The van der Waals surface area contributed by atoms with Crippen LogP contribution < -0.4 is 10.0 Å². The molecule has 0 aliphatic heterocycles.